The number of hydrogen-bond donors (Lipinski definition) is 2. The van der Waals surface area contributed by atoms with Crippen LogP contribution in [0.3, 0.4) is 0 Å². The van der Waals surface area contributed by atoms with Crippen LogP contribution in [-0.2, 0) is 9.59 Å². The molecule has 2 aliphatic rings. The quantitative estimate of drug-likeness (QED) is 0.666. The maximum atomic E-state index is 11.8. The number of rotatable bonds is 4. The van der Waals surface area contributed by atoms with Crippen LogP contribution in [0, 0.1) is 0 Å². The summed E-state index contributed by atoms with van der Waals surface area (Å²) in [6, 6.07) is 0.631. The molecular formula is C10H18ClN3O2. The van der Waals surface area contributed by atoms with Gasteiger partial charge in [-0.1, -0.05) is 0 Å². The van der Waals surface area contributed by atoms with Crippen molar-refractivity contribution >= 4 is 24.2 Å². The van der Waals surface area contributed by atoms with Crippen LogP contribution in [0.1, 0.15) is 25.7 Å². The maximum absolute atomic E-state index is 11.8. The van der Waals surface area contributed by atoms with Crippen LogP contribution in [0.2, 0.25) is 0 Å². The van der Waals surface area contributed by atoms with E-state index in [0.717, 1.165) is 32.4 Å². The summed E-state index contributed by atoms with van der Waals surface area (Å²) in [5.74, 6) is -0.629. The molecule has 1 atom stereocenters. The highest BCUT2D eigenvalue weighted by molar-refractivity contribution is 5.96. The van der Waals surface area contributed by atoms with Crippen molar-refractivity contribution in [1.82, 2.24) is 10.2 Å². The third kappa shape index (κ3) is 3.09. The van der Waals surface area contributed by atoms with E-state index in [1.165, 1.54) is 0 Å². The molecule has 6 heteroatoms. The molecule has 92 valence electrons. The van der Waals surface area contributed by atoms with E-state index >= 15 is 0 Å². The van der Waals surface area contributed by atoms with E-state index in [4.69, 9.17) is 5.73 Å². The highest BCUT2D eigenvalue weighted by Gasteiger charge is 2.38. The molecule has 2 fully saturated rings. The van der Waals surface area contributed by atoms with Crippen LogP contribution in [0.5, 0.6) is 0 Å². The standard InChI is InChI=1S/C10H17N3O2.ClH/c11-9(14)5-10(15)13(7-1-2-7)8-3-4-12-6-8;/h7-8,12H,1-6H2,(H2,11,14);1H. The molecule has 1 aliphatic carbocycles. The molecule has 3 N–H and O–H groups in total. The molecular weight excluding hydrogens is 230 g/mol. The maximum Gasteiger partial charge on any atom is 0.232 e. The predicted molar refractivity (Wildman–Crippen MR) is 62.2 cm³/mol. The summed E-state index contributed by atoms with van der Waals surface area (Å²) in [6.07, 6.45) is 2.98. The van der Waals surface area contributed by atoms with Gasteiger partial charge in [0.2, 0.25) is 11.8 Å². The molecule has 1 unspecified atom stereocenters. The van der Waals surface area contributed by atoms with Crippen molar-refractivity contribution < 1.29 is 9.59 Å². The number of primary amides is 1. The van der Waals surface area contributed by atoms with Gasteiger partial charge in [0.15, 0.2) is 0 Å². The molecule has 2 rings (SSSR count). The van der Waals surface area contributed by atoms with Crippen LogP contribution in [-0.4, -0.2) is 41.9 Å². The van der Waals surface area contributed by atoms with E-state index in [1.54, 1.807) is 0 Å². The fourth-order valence-corrected chi connectivity index (χ4v) is 2.18. The Morgan fingerprint density at radius 3 is 2.38 bits per heavy atom. The van der Waals surface area contributed by atoms with Gasteiger partial charge in [-0.3, -0.25) is 9.59 Å². The van der Waals surface area contributed by atoms with E-state index in [1.807, 2.05) is 4.90 Å². The SMILES string of the molecule is Cl.NC(=O)CC(=O)N(C1CC1)C1CCNC1. The van der Waals surface area contributed by atoms with Crippen molar-refractivity contribution in [2.24, 2.45) is 5.73 Å². The predicted octanol–water partition coefficient (Wildman–Crippen LogP) is -0.364. The van der Waals surface area contributed by atoms with Crippen molar-refractivity contribution in [2.45, 2.75) is 37.8 Å². The second kappa shape index (κ2) is 5.50. The van der Waals surface area contributed by atoms with Gasteiger partial charge in [0.1, 0.15) is 6.42 Å². The fraction of sp³-hybridized carbons (Fsp3) is 0.800. The van der Waals surface area contributed by atoms with E-state index in [2.05, 4.69) is 5.32 Å². The molecule has 0 spiro atoms. The third-order valence-electron chi connectivity index (χ3n) is 2.98. The Bertz CT molecular complexity index is 275. The van der Waals surface area contributed by atoms with Crippen molar-refractivity contribution in [2.75, 3.05) is 13.1 Å². The van der Waals surface area contributed by atoms with Crippen molar-refractivity contribution in [3.8, 4) is 0 Å². The number of carbonyl (C=O) groups excluding carboxylic acids is 2. The zero-order valence-electron chi connectivity index (χ0n) is 9.15. The summed E-state index contributed by atoms with van der Waals surface area (Å²) < 4.78 is 0. The van der Waals surface area contributed by atoms with Crippen molar-refractivity contribution in [3.05, 3.63) is 0 Å². The van der Waals surface area contributed by atoms with Gasteiger partial charge in [-0.15, -0.1) is 12.4 Å². The topological polar surface area (TPSA) is 75.4 Å². The average molecular weight is 248 g/mol. The Labute approximate surface area is 101 Å². The second-order valence-electron chi connectivity index (χ2n) is 4.32. The molecule has 0 aromatic heterocycles. The van der Waals surface area contributed by atoms with Gasteiger partial charge in [-0.25, -0.2) is 0 Å². The molecule has 0 bridgehead atoms. The first-order valence-corrected chi connectivity index (χ1v) is 5.48. The molecule has 1 saturated heterocycles. The van der Waals surface area contributed by atoms with E-state index in [9.17, 15) is 9.59 Å². The molecule has 1 saturated carbocycles. The van der Waals surface area contributed by atoms with Crippen LogP contribution in [0.25, 0.3) is 0 Å². The van der Waals surface area contributed by atoms with Gasteiger partial charge in [0.25, 0.3) is 0 Å². The van der Waals surface area contributed by atoms with E-state index < -0.39 is 5.91 Å². The zero-order valence-corrected chi connectivity index (χ0v) is 9.96. The number of nitrogens with one attached hydrogen (secondary N) is 1. The fourth-order valence-electron chi connectivity index (χ4n) is 2.18. The van der Waals surface area contributed by atoms with Gasteiger partial charge in [0, 0.05) is 18.6 Å². The number of carbonyl (C=O) groups is 2. The first kappa shape index (κ1) is 13.3. The van der Waals surface area contributed by atoms with Crippen molar-refractivity contribution in [1.29, 1.82) is 0 Å². The number of hydrogen-bond acceptors (Lipinski definition) is 3. The minimum absolute atomic E-state index is 0. The highest BCUT2D eigenvalue weighted by Crippen LogP contribution is 2.30. The lowest BCUT2D eigenvalue weighted by Gasteiger charge is -2.28. The molecule has 5 nitrogen and oxygen atoms in total. The third-order valence-corrected chi connectivity index (χ3v) is 2.98. The van der Waals surface area contributed by atoms with Crippen LogP contribution in [0.4, 0.5) is 0 Å². The Kier molecular flexibility index (Phi) is 4.56. The largest absolute Gasteiger partial charge is 0.369 e. The van der Waals surface area contributed by atoms with Crippen molar-refractivity contribution in [3.63, 3.8) is 0 Å². The second-order valence-corrected chi connectivity index (χ2v) is 4.32. The Hall–Kier alpha value is -0.810. The minimum atomic E-state index is -0.531. The summed E-state index contributed by atoms with van der Waals surface area (Å²) in [7, 11) is 0. The summed E-state index contributed by atoms with van der Waals surface area (Å²) in [5, 5.41) is 3.23. The number of nitrogens with zero attached hydrogens (tertiary/aromatic N) is 1. The normalized spacial score (nSPS) is 23.6. The minimum Gasteiger partial charge on any atom is -0.369 e. The first-order valence-electron chi connectivity index (χ1n) is 5.48. The lowest BCUT2D eigenvalue weighted by molar-refractivity contribution is -0.137. The van der Waals surface area contributed by atoms with Crippen LogP contribution >= 0.6 is 12.4 Å². The Morgan fingerprint density at radius 1 is 1.25 bits per heavy atom. The molecule has 0 aromatic rings. The molecule has 0 aromatic carbocycles. The lowest BCUT2D eigenvalue weighted by Crippen LogP contribution is -2.44. The summed E-state index contributed by atoms with van der Waals surface area (Å²) in [5.41, 5.74) is 5.05. The summed E-state index contributed by atoms with van der Waals surface area (Å²) in [4.78, 5) is 24.4. The van der Waals surface area contributed by atoms with Gasteiger partial charge in [-0.05, 0) is 25.8 Å². The Balaban J connectivity index is 0.00000128. The number of halogens is 1. The van der Waals surface area contributed by atoms with Gasteiger partial charge in [-0.2, -0.15) is 0 Å². The summed E-state index contributed by atoms with van der Waals surface area (Å²) in [6.45, 7) is 1.80. The first-order chi connectivity index (χ1) is 7.18. The highest BCUT2D eigenvalue weighted by atomic mass is 35.5. The van der Waals surface area contributed by atoms with Gasteiger partial charge < -0.3 is 16.0 Å². The molecule has 16 heavy (non-hydrogen) atoms. The van der Waals surface area contributed by atoms with Crippen LogP contribution in [0.15, 0.2) is 0 Å². The molecule has 1 heterocycles. The summed E-state index contributed by atoms with van der Waals surface area (Å²) >= 11 is 0. The van der Waals surface area contributed by atoms with Gasteiger partial charge in [0.05, 0.1) is 0 Å². The zero-order chi connectivity index (χ0) is 10.8. The molecule has 2 amide bonds. The Morgan fingerprint density at radius 2 is 1.94 bits per heavy atom. The molecule has 1 aliphatic heterocycles. The number of nitrogens with two attached hydrogens (primary N) is 1. The smallest absolute Gasteiger partial charge is 0.232 e. The van der Waals surface area contributed by atoms with E-state index in [-0.39, 0.29) is 30.8 Å². The average Bonchev–Trinajstić information content (AvgIpc) is 2.80. The van der Waals surface area contributed by atoms with E-state index in [0.29, 0.717) is 6.04 Å². The lowest BCUT2D eigenvalue weighted by atomic mass is 10.2. The number of amides is 2. The van der Waals surface area contributed by atoms with Gasteiger partial charge >= 0.3 is 0 Å². The monoisotopic (exact) mass is 247 g/mol. The molecule has 0 radical (unpaired) electrons. The van der Waals surface area contributed by atoms with Crippen LogP contribution < -0.4 is 11.1 Å².